The summed E-state index contributed by atoms with van der Waals surface area (Å²) >= 11 is 5.33. The number of rotatable bonds is 2. The summed E-state index contributed by atoms with van der Waals surface area (Å²) in [5, 5.41) is 1.16. The first-order valence-corrected chi connectivity index (χ1v) is 8.80. The van der Waals surface area contributed by atoms with Crippen molar-refractivity contribution in [1.29, 1.82) is 0 Å². The number of hydrogen-bond acceptors (Lipinski definition) is 2. The van der Waals surface area contributed by atoms with E-state index in [4.69, 9.17) is 0 Å². The predicted octanol–water partition coefficient (Wildman–Crippen LogP) is 4.68. The molecule has 20 heavy (non-hydrogen) atoms. The monoisotopic (exact) mass is 351 g/mol. The Bertz CT molecular complexity index is 591. The molecule has 1 saturated carbocycles. The van der Waals surface area contributed by atoms with Crippen LogP contribution in [0.5, 0.6) is 0 Å². The maximum Gasteiger partial charge on any atom is 0.263 e. The maximum atomic E-state index is 12.7. The molecule has 1 fully saturated rings. The molecule has 0 spiro atoms. The minimum Gasteiger partial charge on any atom is -0.337 e. The van der Waals surface area contributed by atoms with Gasteiger partial charge in [-0.25, -0.2) is 0 Å². The summed E-state index contributed by atoms with van der Waals surface area (Å²) in [6.07, 6.45) is 4.74. The fraction of sp³-hybridized carbons (Fsp3) is 0.438. The lowest BCUT2D eigenvalue weighted by Crippen LogP contribution is -2.43. The Morgan fingerprint density at radius 1 is 1.30 bits per heavy atom. The Labute approximate surface area is 131 Å². The minimum absolute atomic E-state index is 0.155. The summed E-state index contributed by atoms with van der Waals surface area (Å²) in [4.78, 5) is 15.9. The number of benzene rings is 1. The summed E-state index contributed by atoms with van der Waals surface area (Å²) in [6, 6.07) is 10.5. The van der Waals surface area contributed by atoms with Gasteiger partial charge in [-0.2, -0.15) is 0 Å². The number of carbonyl (C=O) groups is 1. The van der Waals surface area contributed by atoms with Crippen LogP contribution in [0.15, 0.2) is 30.3 Å². The van der Waals surface area contributed by atoms with Gasteiger partial charge < -0.3 is 4.90 Å². The minimum atomic E-state index is 0.155. The zero-order valence-electron chi connectivity index (χ0n) is 11.5. The predicted molar refractivity (Wildman–Crippen MR) is 88.9 cm³/mol. The van der Waals surface area contributed by atoms with E-state index in [0.717, 1.165) is 23.1 Å². The molecule has 1 amide bonds. The summed E-state index contributed by atoms with van der Waals surface area (Å²) < 4.78 is 1.18. The van der Waals surface area contributed by atoms with E-state index in [1.54, 1.807) is 11.3 Å². The maximum absolute atomic E-state index is 12.7. The molecule has 1 heterocycles. The summed E-state index contributed by atoms with van der Waals surface area (Å²) in [7, 11) is 1.94. The van der Waals surface area contributed by atoms with Crippen LogP contribution in [0.1, 0.15) is 35.4 Å². The fourth-order valence-corrected chi connectivity index (χ4v) is 4.90. The van der Waals surface area contributed by atoms with Crippen LogP contribution < -0.4 is 0 Å². The van der Waals surface area contributed by atoms with Crippen LogP contribution in [0.4, 0.5) is 0 Å². The van der Waals surface area contributed by atoms with E-state index < -0.39 is 0 Å². The van der Waals surface area contributed by atoms with Crippen LogP contribution in [-0.4, -0.2) is 28.7 Å². The SMILES string of the molecule is CN(C(=O)c1cc2ccccc2s1)C1CCCCC1Br. The van der Waals surface area contributed by atoms with Crippen LogP contribution in [0, 0.1) is 0 Å². The van der Waals surface area contributed by atoms with Gasteiger partial charge in [-0.3, -0.25) is 4.79 Å². The Morgan fingerprint density at radius 3 is 2.80 bits per heavy atom. The molecule has 1 aromatic heterocycles. The molecular formula is C16H18BrNOS. The van der Waals surface area contributed by atoms with Gasteiger partial charge in [-0.15, -0.1) is 11.3 Å². The number of alkyl halides is 1. The second-order valence-corrected chi connectivity index (χ2v) is 7.69. The van der Waals surface area contributed by atoms with Gasteiger partial charge in [0.1, 0.15) is 0 Å². The van der Waals surface area contributed by atoms with Crippen LogP contribution in [0.25, 0.3) is 10.1 Å². The number of hydrogen-bond donors (Lipinski definition) is 0. The molecule has 0 saturated heterocycles. The van der Waals surface area contributed by atoms with Crippen molar-refractivity contribution in [2.45, 2.75) is 36.6 Å². The first-order valence-electron chi connectivity index (χ1n) is 7.06. The summed E-state index contributed by atoms with van der Waals surface area (Å²) in [5.74, 6) is 0.155. The zero-order valence-corrected chi connectivity index (χ0v) is 13.9. The Morgan fingerprint density at radius 2 is 2.05 bits per heavy atom. The van der Waals surface area contributed by atoms with Crippen molar-refractivity contribution in [1.82, 2.24) is 4.90 Å². The fourth-order valence-electron chi connectivity index (χ4n) is 2.91. The third kappa shape index (κ3) is 2.63. The largest absolute Gasteiger partial charge is 0.337 e. The van der Waals surface area contributed by atoms with Gasteiger partial charge in [0.25, 0.3) is 5.91 Å². The van der Waals surface area contributed by atoms with Crippen molar-refractivity contribution >= 4 is 43.3 Å². The molecule has 0 aliphatic heterocycles. The number of thiophene rings is 1. The van der Waals surface area contributed by atoms with Gasteiger partial charge in [-0.1, -0.05) is 47.0 Å². The number of carbonyl (C=O) groups excluding carboxylic acids is 1. The molecule has 2 unspecified atom stereocenters. The van der Waals surface area contributed by atoms with Crippen LogP contribution in [-0.2, 0) is 0 Å². The van der Waals surface area contributed by atoms with E-state index in [1.165, 1.54) is 17.5 Å². The van der Waals surface area contributed by atoms with Gasteiger partial charge in [-0.05, 0) is 30.4 Å². The third-order valence-corrected chi connectivity index (χ3v) is 6.27. The normalized spacial score (nSPS) is 22.9. The number of fused-ring (bicyclic) bond motifs is 1. The molecule has 1 aromatic carbocycles. The topological polar surface area (TPSA) is 20.3 Å². The lowest BCUT2D eigenvalue weighted by Gasteiger charge is -2.35. The Hall–Kier alpha value is -0.870. The van der Waals surface area contributed by atoms with Crippen LogP contribution in [0.3, 0.4) is 0 Å². The molecule has 2 nitrogen and oxygen atoms in total. The van der Waals surface area contributed by atoms with Gasteiger partial charge in [0.2, 0.25) is 0 Å². The van der Waals surface area contributed by atoms with Crippen molar-refractivity contribution in [2.24, 2.45) is 0 Å². The average Bonchev–Trinajstić information content (AvgIpc) is 2.90. The molecular weight excluding hydrogens is 334 g/mol. The van der Waals surface area contributed by atoms with Gasteiger partial charge >= 0.3 is 0 Å². The third-order valence-electron chi connectivity index (χ3n) is 4.10. The van der Waals surface area contributed by atoms with E-state index in [2.05, 4.69) is 28.1 Å². The van der Waals surface area contributed by atoms with Gasteiger partial charge in [0.05, 0.1) is 4.88 Å². The highest BCUT2D eigenvalue weighted by atomic mass is 79.9. The van der Waals surface area contributed by atoms with E-state index in [9.17, 15) is 4.79 Å². The second kappa shape index (κ2) is 5.86. The van der Waals surface area contributed by atoms with Crippen molar-refractivity contribution in [3.8, 4) is 0 Å². The van der Waals surface area contributed by atoms with Gasteiger partial charge in [0.15, 0.2) is 0 Å². The van der Waals surface area contributed by atoms with Crippen LogP contribution in [0.2, 0.25) is 0 Å². The average molecular weight is 352 g/mol. The van der Waals surface area contributed by atoms with Gasteiger partial charge in [0, 0.05) is 22.6 Å². The number of nitrogens with zero attached hydrogens (tertiary/aromatic N) is 1. The van der Waals surface area contributed by atoms with Crippen molar-refractivity contribution < 1.29 is 4.79 Å². The highest BCUT2D eigenvalue weighted by Gasteiger charge is 2.30. The molecule has 0 bridgehead atoms. The molecule has 1 aliphatic rings. The number of halogens is 1. The van der Waals surface area contributed by atoms with E-state index in [1.807, 2.05) is 30.1 Å². The van der Waals surface area contributed by atoms with Crippen molar-refractivity contribution in [3.63, 3.8) is 0 Å². The second-order valence-electron chi connectivity index (χ2n) is 5.43. The molecule has 4 heteroatoms. The highest BCUT2D eigenvalue weighted by Crippen LogP contribution is 2.31. The number of amides is 1. The van der Waals surface area contributed by atoms with E-state index in [-0.39, 0.29) is 5.91 Å². The van der Waals surface area contributed by atoms with E-state index in [0.29, 0.717) is 10.9 Å². The molecule has 0 radical (unpaired) electrons. The van der Waals surface area contributed by atoms with Crippen LogP contribution >= 0.6 is 27.3 Å². The summed E-state index contributed by atoms with van der Waals surface area (Å²) in [6.45, 7) is 0. The zero-order chi connectivity index (χ0) is 14.1. The molecule has 0 N–H and O–H groups in total. The molecule has 3 rings (SSSR count). The van der Waals surface area contributed by atoms with E-state index >= 15 is 0 Å². The Kier molecular flexibility index (Phi) is 4.13. The van der Waals surface area contributed by atoms with Crippen molar-refractivity contribution in [3.05, 3.63) is 35.2 Å². The molecule has 1 aliphatic carbocycles. The Balaban J connectivity index is 1.83. The molecule has 106 valence electrons. The summed E-state index contributed by atoms with van der Waals surface area (Å²) in [5.41, 5.74) is 0. The first kappa shape index (κ1) is 14.1. The standard InChI is InChI=1S/C16H18BrNOS/c1-18(13-8-4-3-7-12(13)17)16(19)15-10-11-6-2-5-9-14(11)20-15/h2,5-6,9-10,12-13H,3-4,7-8H2,1H3. The molecule has 2 atom stereocenters. The first-order chi connectivity index (χ1) is 9.66. The lowest BCUT2D eigenvalue weighted by molar-refractivity contribution is 0.0710. The molecule has 2 aromatic rings. The van der Waals surface area contributed by atoms with Crippen molar-refractivity contribution in [2.75, 3.05) is 7.05 Å². The quantitative estimate of drug-likeness (QED) is 0.719. The smallest absolute Gasteiger partial charge is 0.263 e. The lowest BCUT2D eigenvalue weighted by atomic mass is 9.94. The highest BCUT2D eigenvalue weighted by molar-refractivity contribution is 9.09.